The largest absolute Gasteiger partial charge is 0.390 e. The van der Waals surface area contributed by atoms with Gasteiger partial charge in [0.2, 0.25) is 0 Å². The third-order valence-corrected chi connectivity index (χ3v) is 6.55. The quantitative estimate of drug-likeness (QED) is 0.741. The molecule has 3 heteroatoms. The van der Waals surface area contributed by atoms with Crippen molar-refractivity contribution in [3.8, 4) is 0 Å². The van der Waals surface area contributed by atoms with E-state index in [0.717, 1.165) is 44.9 Å². The molecule has 1 unspecified atom stereocenters. The summed E-state index contributed by atoms with van der Waals surface area (Å²) in [5, 5.41) is 9.90. The van der Waals surface area contributed by atoms with Crippen LogP contribution in [0.2, 0.25) is 0 Å². The molecule has 2 fully saturated rings. The van der Waals surface area contributed by atoms with Gasteiger partial charge in [-0.05, 0) is 70.2 Å². The molecule has 1 N–H and O–H groups in total. The first-order valence-corrected chi connectivity index (χ1v) is 9.16. The normalized spacial score (nSPS) is 35.5. The van der Waals surface area contributed by atoms with E-state index in [9.17, 15) is 9.90 Å². The Balaban J connectivity index is 2.15. The minimum Gasteiger partial charge on any atom is -0.390 e. The number of carbonyl (C=O) groups excluding carboxylic acids is 1. The van der Waals surface area contributed by atoms with E-state index in [2.05, 4.69) is 31.3 Å². The van der Waals surface area contributed by atoms with E-state index in [1.807, 2.05) is 13.8 Å². The smallest absolute Gasteiger partial charge is 0.161 e. The van der Waals surface area contributed by atoms with Gasteiger partial charge in [0.05, 0.1) is 5.60 Å². The number of aliphatic imine (C=N–C) groups is 1. The van der Waals surface area contributed by atoms with Crippen molar-refractivity contribution in [1.82, 2.24) is 0 Å². The van der Waals surface area contributed by atoms with Crippen molar-refractivity contribution in [2.45, 2.75) is 90.2 Å². The zero-order valence-corrected chi connectivity index (χ0v) is 15.3. The molecule has 2 aliphatic rings. The van der Waals surface area contributed by atoms with E-state index >= 15 is 0 Å². The molecule has 23 heavy (non-hydrogen) atoms. The molecule has 2 saturated carbocycles. The molecule has 2 rings (SSSR count). The maximum Gasteiger partial charge on any atom is 0.161 e. The lowest BCUT2D eigenvalue weighted by Crippen LogP contribution is -2.53. The number of aliphatic hydroxyl groups is 1. The highest BCUT2D eigenvalue weighted by Crippen LogP contribution is 2.61. The van der Waals surface area contributed by atoms with Gasteiger partial charge in [0.15, 0.2) is 5.78 Å². The van der Waals surface area contributed by atoms with Gasteiger partial charge in [0.25, 0.3) is 0 Å². The van der Waals surface area contributed by atoms with Crippen LogP contribution in [0.25, 0.3) is 0 Å². The number of hydrogen-bond donors (Lipinski definition) is 1. The predicted molar refractivity (Wildman–Crippen MR) is 94.8 cm³/mol. The van der Waals surface area contributed by atoms with Crippen molar-refractivity contribution in [3.05, 3.63) is 6.58 Å². The average Bonchev–Trinajstić information content (AvgIpc) is 2.73. The molecule has 4 atom stereocenters. The molecule has 0 spiro atoms. The summed E-state index contributed by atoms with van der Waals surface area (Å²) in [6.07, 6.45) is 7.59. The molecule has 0 bridgehead atoms. The summed E-state index contributed by atoms with van der Waals surface area (Å²) >= 11 is 0. The monoisotopic (exact) mass is 319 g/mol. The van der Waals surface area contributed by atoms with Crippen LogP contribution in [0.3, 0.4) is 0 Å². The highest BCUT2D eigenvalue weighted by Gasteiger charge is 2.63. The third kappa shape index (κ3) is 3.32. The predicted octanol–water partition coefficient (Wildman–Crippen LogP) is 4.33. The summed E-state index contributed by atoms with van der Waals surface area (Å²) in [5.74, 6) is 4.07. The van der Waals surface area contributed by atoms with Crippen molar-refractivity contribution >= 4 is 11.7 Å². The maximum atomic E-state index is 12.7. The summed E-state index contributed by atoms with van der Waals surface area (Å²) in [7, 11) is 0. The van der Waals surface area contributed by atoms with Gasteiger partial charge < -0.3 is 5.11 Å². The van der Waals surface area contributed by atoms with Gasteiger partial charge in [-0.1, -0.05) is 26.7 Å². The van der Waals surface area contributed by atoms with Crippen molar-refractivity contribution in [2.75, 3.05) is 0 Å². The molecular formula is C20H33NO2. The fraction of sp³-hybridized carbons (Fsp3) is 0.850. The Kier molecular flexibility index (Phi) is 5.23. The molecule has 2 aliphatic carbocycles. The van der Waals surface area contributed by atoms with Crippen LogP contribution in [0.1, 0.15) is 79.1 Å². The lowest BCUT2D eigenvalue weighted by molar-refractivity contribution is -0.132. The number of fused-ring (bicyclic) bond motifs is 1. The van der Waals surface area contributed by atoms with Crippen LogP contribution in [-0.4, -0.2) is 27.9 Å². The fourth-order valence-corrected chi connectivity index (χ4v) is 5.30. The van der Waals surface area contributed by atoms with Crippen LogP contribution in [-0.2, 0) is 4.79 Å². The van der Waals surface area contributed by atoms with Gasteiger partial charge in [0, 0.05) is 11.8 Å². The van der Waals surface area contributed by atoms with E-state index in [-0.39, 0.29) is 5.41 Å². The summed E-state index contributed by atoms with van der Waals surface area (Å²) in [6.45, 7) is 12.0. The molecule has 0 heterocycles. The van der Waals surface area contributed by atoms with Gasteiger partial charge in [-0.2, -0.15) is 0 Å². The number of rotatable bonds is 6. The van der Waals surface area contributed by atoms with Crippen LogP contribution in [0, 0.1) is 17.3 Å². The molecule has 0 aromatic heterocycles. The first-order valence-electron chi connectivity index (χ1n) is 9.16. The van der Waals surface area contributed by atoms with Crippen LogP contribution in [0.5, 0.6) is 0 Å². The fourth-order valence-electron chi connectivity index (χ4n) is 5.30. The maximum absolute atomic E-state index is 12.7. The molecular weight excluding hydrogens is 286 g/mol. The number of Topliss-reactive ketones (excluding diaryl/α,β-unsaturated/α-hetero) is 1. The average molecular weight is 319 g/mol. The first-order chi connectivity index (χ1) is 10.7. The molecule has 0 aromatic carbocycles. The van der Waals surface area contributed by atoms with Crippen molar-refractivity contribution < 1.29 is 9.90 Å². The van der Waals surface area contributed by atoms with E-state index in [4.69, 9.17) is 0 Å². The highest BCUT2D eigenvalue weighted by molar-refractivity contribution is 5.92. The van der Waals surface area contributed by atoms with Crippen molar-refractivity contribution in [2.24, 2.45) is 22.2 Å². The number of ketones is 1. The lowest BCUT2D eigenvalue weighted by atomic mass is 9.58. The van der Waals surface area contributed by atoms with Crippen LogP contribution in [0.15, 0.2) is 11.6 Å². The lowest BCUT2D eigenvalue weighted by Gasteiger charge is -2.47. The van der Waals surface area contributed by atoms with Gasteiger partial charge in [0.1, 0.15) is 5.54 Å². The Bertz CT molecular complexity index is 500. The summed E-state index contributed by atoms with van der Waals surface area (Å²) in [4.78, 5) is 17.2. The minimum atomic E-state index is -0.586. The Hall–Kier alpha value is -0.920. The van der Waals surface area contributed by atoms with Crippen LogP contribution >= 0.6 is 0 Å². The van der Waals surface area contributed by atoms with Gasteiger partial charge in [-0.3, -0.25) is 4.79 Å². The van der Waals surface area contributed by atoms with Crippen molar-refractivity contribution in [1.29, 1.82) is 0 Å². The van der Waals surface area contributed by atoms with Crippen molar-refractivity contribution in [3.63, 3.8) is 0 Å². The standard InChI is InChI=1S/C20H33NO2/c1-6-21-20-14-11-16(15(2)9-7-12-18(3,4)23)19(20,5)13-8-10-17(20)22/h15-16,23H,1,7-14H2,2-5H3/t15-,16?,19+,20+/m0/s1. The Morgan fingerprint density at radius 1 is 1.48 bits per heavy atom. The van der Waals surface area contributed by atoms with E-state index in [0.29, 0.717) is 24.0 Å². The first kappa shape index (κ1) is 18.4. The number of carbonyl (C=O) groups is 1. The zero-order chi connectivity index (χ0) is 17.3. The number of nitrogens with zero attached hydrogens (tertiary/aromatic N) is 1. The zero-order valence-electron chi connectivity index (χ0n) is 15.3. The molecule has 0 saturated heterocycles. The molecule has 0 aromatic rings. The molecule has 3 nitrogen and oxygen atoms in total. The van der Waals surface area contributed by atoms with Crippen LogP contribution < -0.4 is 0 Å². The Morgan fingerprint density at radius 3 is 2.78 bits per heavy atom. The Morgan fingerprint density at radius 2 is 2.17 bits per heavy atom. The SMILES string of the molecule is C=C=N[C@@]12CCC([C@@H](C)CCCC(C)(C)O)[C@@]1(C)CCCC2=O. The van der Waals surface area contributed by atoms with Gasteiger partial charge >= 0.3 is 0 Å². The molecule has 130 valence electrons. The summed E-state index contributed by atoms with van der Waals surface area (Å²) in [5.41, 5.74) is -1.21. The van der Waals surface area contributed by atoms with E-state index in [1.54, 1.807) is 0 Å². The topological polar surface area (TPSA) is 49.7 Å². The van der Waals surface area contributed by atoms with E-state index in [1.165, 1.54) is 0 Å². The molecule has 0 aliphatic heterocycles. The second-order valence-corrected chi connectivity index (χ2v) is 8.65. The highest BCUT2D eigenvalue weighted by atomic mass is 16.3. The molecule has 0 amide bonds. The number of hydrogen-bond acceptors (Lipinski definition) is 3. The summed E-state index contributed by atoms with van der Waals surface area (Å²) in [6, 6.07) is 0. The summed E-state index contributed by atoms with van der Waals surface area (Å²) < 4.78 is 0. The minimum absolute atomic E-state index is 0.0544. The Labute approximate surface area is 141 Å². The van der Waals surface area contributed by atoms with Crippen LogP contribution in [0.4, 0.5) is 0 Å². The second kappa shape index (κ2) is 6.53. The molecule has 0 radical (unpaired) electrons. The van der Waals surface area contributed by atoms with Gasteiger partial charge in [-0.15, -0.1) is 0 Å². The van der Waals surface area contributed by atoms with Gasteiger partial charge in [-0.25, -0.2) is 4.99 Å². The third-order valence-electron chi connectivity index (χ3n) is 6.55. The second-order valence-electron chi connectivity index (χ2n) is 8.65. The van der Waals surface area contributed by atoms with E-state index < -0.39 is 11.1 Å².